The van der Waals surface area contributed by atoms with E-state index in [0.717, 1.165) is 5.56 Å². The van der Waals surface area contributed by atoms with Crippen molar-refractivity contribution in [2.75, 3.05) is 11.9 Å². The largest absolute Gasteiger partial charge is 0.389 e. The lowest BCUT2D eigenvalue weighted by molar-refractivity contribution is -0.121. The van der Waals surface area contributed by atoms with Crippen molar-refractivity contribution in [3.05, 3.63) is 23.9 Å². The molecule has 0 aromatic carbocycles. The number of pyridine rings is 1. The standard InChI is InChI=1S/C13H20N4OS/c1-8(2)7-16-13(18)9(3)17-11-6-10(12(14)19)4-5-15-11/h4-6,8-9H,7H2,1-3H3,(H2,14,19)(H,15,17)(H,16,18). The molecular weight excluding hydrogens is 260 g/mol. The summed E-state index contributed by atoms with van der Waals surface area (Å²) < 4.78 is 0. The molecule has 0 aliphatic heterocycles. The van der Waals surface area contributed by atoms with Gasteiger partial charge in [-0.15, -0.1) is 0 Å². The smallest absolute Gasteiger partial charge is 0.242 e. The van der Waals surface area contributed by atoms with Crippen LogP contribution in [-0.4, -0.2) is 28.5 Å². The van der Waals surface area contributed by atoms with E-state index >= 15 is 0 Å². The van der Waals surface area contributed by atoms with Gasteiger partial charge < -0.3 is 16.4 Å². The summed E-state index contributed by atoms with van der Waals surface area (Å²) in [5, 5.41) is 5.88. The molecule has 0 saturated carbocycles. The van der Waals surface area contributed by atoms with Crippen molar-refractivity contribution in [3.8, 4) is 0 Å². The highest BCUT2D eigenvalue weighted by atomic mass is 32.1. The summed E-state index contributed by atoms with van der Waals surface area (Å²) in [7, 11) is 0. The van der Waals surface area contributed by atoms with Crippen LogP contribution in [0.4, 0.5) is 5.82 Å². The molecule has 19 heavy (non-hydrogen) atoms. The molecule has 0 spiro atoms. The van der Waals surface area contributed by atoms with Crippen LogP contribution in [0.25, 0.3) is 0 Å². The molecule has 104 valence electrons. The lowest BCUT2D eigenvalue weighted by Crippen LogP contribution is -2.39. The van der Waals surface area contributed by atoms with Crippen molar-refractivity contribution < 1.29 is 4.79 Å². The van der Waals surface area contributed by atoms with Gasteiger partial charge in [0.25, 0.3) is 0 Å². The van der Waals surface area contributed by atoms with E-state index in [2.05, 4.69) is 15.6 Å². The maximum Gasteiger partial charge on any atom is 0.242 e. The van der Waals surface area contributed by atoms with Crippen LogP contribution >= 0.6 is 12.2 Å². The number of nitrogens with two attached hydrogens (primary N) is 1. The van der Waals surface area contributed by atoms with E-state index in [9.17, 15) is 4.79 Å². The quantitative estimate of drug-likeness (QED) is 0.684. The van der Waals surface area contributed by atoms with Gasteiger partial charge in [0.1, 0.15) is 16.8 Å². The summed E-state index contributed by atoms with van der Waals surface area (Å²) in [6.45, 7) is 6.53. The van der Waals surface area contributed by atoms with Crippen LogP contribution in [0.1, 0.15) is 26.3 Å². The molecule has 0 bridgehead atoms. The van der Waals surface area contributed by atoms with Gasteiger partial charge in [-0.05, 0) is 25.0 Å². The zero-order valence-corrected chi connectivity index (χ0v) is 12.3. The molecule has 0 aliphatic rings. The predicted octanol–water partition coefficient (Wildman–Crippen LogP) is 1.29. The minimum atomic E-state index is -0.368. The second-order valence-electron chi connectivity index (χ2n) is 4.80. The van der Waals surface area contributed by atoms with Gasteiger partial charge in [-0.3, -0.25) is 4.79 Å². The Kier molecular flexibility index (Phi) is 5.69. The van der Waals surface area contributed by atoms with Crippen molar-refractivity contribution >= 4 is 28.9 Å². The lowest BCUT2D eigenvalue weighted by atomic mass is 10.2. The number of rotatable bonds is 6. The fourth-order valence-corrected chi connectivity index (χ4v) is 1.53. The second-order valence-corrected chi connectivity index (χ2v) is 5.24. The first-order valence-corrected chi connectivity index (χ1v) is 6.61. The van der Waals surface area contributed by atoms with E-state index in [1.807, 2.05) is 13.8 Å². The summed E-state index contributed by atoms with van der Waals surface area (Å²) in [6.07, 6.45) is 1.61. The molecule has 1 atom stereocenters. The number of carbonyl (C=O) groups is 1. The van der Waals surface area contributed by atoms with Crippen LogP contribution in [0.3, 0.4) is 0 Å². The van der Waals surface area contributed by atoms with E-state index in [1.54, 1.807) is 25.3 Å². The summed E-state index contributed by atoms with van der Waals surface area (Å²) in [4.78, 5) is 16.3. The maximum absolute atomic E-state index is 11.8. The molecule has 4 N–H and O–H groups in total. The molecular formula is C13H20N4OS. The van der Waals surface area contributed by atoms with Crippen LogP contribution in [0.15, 0.2) is 18.3 Å². The Labute approximate surface area is 119 Å². The highest BCUT2D eigenvalue weighted by Crippen LogP contribution is 2.08. The number of nitrogens with one attached hydrogen (secondary N) is 2. The lowest BCUT2D eigenvalue weighted by Gasteiger charge is -2.16. The van der Waals surface area contributed by atoms with E-state index in [0.29, 0.717) is 23.3 Å². The molecule has 0 radical (unpaired) electrons. The first kappa shape index (κ1) is 15.4. The van der Waals surface area contributed by atoms with Crippen LogP contribution in [0.5, 0.6) is 0 Å². The number of hydrogen-bond acceptors (Lipinski definition) is 4. The van der Waals surface area contributed by atoms with Crippen LogP contribution < -0.4 is 16.4 Å². The minimum absolute atomic E-state index is 0.0590. The maximum atomic E-state index is 11.8. The first-order chi connectivity index (χ1) is 8.90. The highest BCUT2D eigenvalue weighted by molar-refractivity contribution is 7.80. The van der Waals surface area contributed by atoms with Gasteiger partial charge >= 0.3 is 0 Å². The van der Waals surface area contributed by atoms with Gasteiger partial charge in [0.15, 0.2) is 0 Å². The van der Waals surface area contributed by atoms with E-state index in [4.69, 9.17) is 18.0 Å². The van der Waals surface area contributed by atoms with Crippen molar-refractivity contribution in [2.24, 2.45) is 11.7 Å². The molecule has 1 unspecified atom stereocenters. The number of aromatic nitrogens is 1. The Morgan fingerprint density at radius 3 is 2.74 bits per heavy atom. The van der Waals surface area contributed by atoms with Crippen LogP contribution in [0, 0.1) is 5.92 Å². The average Bonchev–Trinajstić information content (AvgIpc) is 2.36. The summed E-state index contributed by atoms with van der Waals surface area (Å²) in [5.74, 6) is 0.945. The zero-order chi connectivity index (χ0) is 14.4. The molecule has 1 heterocycles. The van der Waals surface area contributed by atoms with Crippen molar-refractivity contribution in [1.82, 2.24) is 10.3 Å². The predicted molar refractivity (Wildman–Crippen MR) is 81.1 cm³/mol. The summed E-state index contributed by atoms with van der Waals surface area (Å²) >= 11 is 4.90. The molecule has 0 fully saturated rings. The van der Waals surface area contributed by atoms with Gasteiger partial charge in [-0.25, -0.2) is 4.98 Å². The summed E-state index contributed by atoms with van der Waals surface area (Å²) in [6, 6.07) is 3.10. The third kappa shape index (κ3) is 5.21. The Morgan fingerprint density at radius 1 is 1.47 bits per heavy atom. The Balaban J connectivity index is 2.61. The Bertz CT molecular complexity index is 462. The highest BCUT2D eigenvalue weighted by Gasteiger charge is 2.13. The van der Waals surface area contributed by atoms with Gasteiger partial charge in [0, 0.05) is 18.3 Å². The minimum Gasteiger partial charge on any atom is -0.389 e. The van der Waals surface area contributed by atoms with Crippen molar-refractivity contribution in [1.29, 1.82) is 0 Å². The third-order valence-corrected chi connectivity index (χ3v) is 2.72. The second kappa shape index (κ2) is 7.04. The molecule has 6 heteroatoms. The average molecular weight is 280 g/mol. The molecule has 1 aromatic heterocycles. The number of thiocarbonyl (C=S) groups is 1. The number of hydrogen-bond donors (Lipinski definition) is 3. The molecule has 5 nitrogen and oxygen atoms in total. The van der Waals surface area contributed by atoms with E-state index < -0.39 is 0 Å². The fourth-order valence-electron chi connectivity index (χ4n) is 1.41. The normalized spacial score (nSPS) is 12.0. The fraction of sp³-hybridized carbons (Fsp3) is 0.462. The van der Waals surface area contributed by atoms with Gasteiger partial charge in [-0.1, -0.05) is 26.1 Å². The molecule has 1 aromatic rings. The van der Waals surface area contributed by atoms with Gasteiger partial charge in [0.2, 0.25) is 5.91 Å². The number of nitrogens with zero attached hydrogens (tertiary/aromatic N) is 1. The Morgan fingerprint density at radius 2 is 2.16 bits per heavy atom. The van der Waals surface area contributed by atoms with Crippen LogP contribution in [0.2, 0.25) is 0 Å². The topological polar surface area (TPSA) is 80.0 Å². The monoisotopic (exact) mass is 280 g/mol. The number of anilines is 1. The molecule has 0 aliphatic carbocycles. The van der Waals surface area contributed by atoms with Gasteiger partial charge in [0.05, 0.1) is 0 Å². The zero-order valence-electron chi connectivity index (χ0n) is 11.4. The van der Waals surface area contributed by atoms with E-state index in [-0.39, 0.29) is 11.9 Å². The number of carbonyl (C=O) groups excluding carboxylic acids is 1. The van der Waals surface area contributed by atoms with Crippen molar-refractivity contribution in [2.45, 2.75) is 26.8 Å². The molecule has 1 rings (SSSR count). The Hall–Kier alpha value is -1.69. The van der Waals surface area contributed by atoms with Crippen molar-refractivity contribution in [3.63, 3.8) is 0 Å². The van der Waals surface area contributed by atoms with Gasteiger partial charge in [-0.2, -0.15) is 0 Å². The summed E-state index contributed by atoms with van der Waals surface area (Å²) in [5.41, 5.74) is 6.28. The number of amides is 1. The molecule has 1 amide bonds. The third-order valence-electron chi connectivity index (χ3n) is 2.49. The SMILES string of the molecule is CC(C)CNC(=O)C(C)Nc1cc(C(N)=S)ccn1. The van der Waals surface area contributed by atoms with Crippen LogP contribution in [-0.2, 0) is 4.79 Å². The van der Waals surface area contributed by atoms with E-state index in [1.165, 1.54) is 0 Å². The first-order valence-electron chi connectivity index (χ1n) is 6.20. The molecule has 0 saturated heterocycles.